The van der Waals surface area contributed by atoms with Crippen LogP contribution in [0.1, 0.15) is 29.3 Å². The molecule has 1 heterocycles. The fraction of sp³-hybridized carbons (Fsp3) is 0.278. The Morgan fingerprint density at radius 1 is 1.22 bits per heavy atom. The molecular formula is C18H19NO3S. The predicted octanol–water partition coefficient (Wildman–Crippen LogP) is 4.34. The van der Waals surface area contributed by atoms with Gasteiger partial charge in [-0.05, 0) is 36.4 Å². The van der Waals surface area contributed by atoms with Crippen molar-refractivity contribution >= 4 is 23.4 Å². The molecule has 0 saturated heterocycles. The van der Waals surface area contributed by atoms with E-state index in [9.17, 15) is 4.79 Å². The van der Waals surface area contributed by atoms with Crippen molar-refractivity contribution in [3.8, 4) is 11.5 Å². The summed E-state index contributed by atoms with van der Waals surface area (Å²) in [7, 11) is 0. The zero-order chi connectivity index (χ0) is 16.2. The zero-order valence-corrected chi connectivity index (χ0v) is 14.0. The maximum Gasteiger partial charge on any atom is 0.256 e. The van der Waals surface area contributed by atoms with Crippen molar-refractivity contribution in [2.45, 2.75) is 24.7 Å². The average Bonchev–Trinajstić information content (AvgIpc) is 3.02. The largest absolute Gasteiger partial charge is 0.454 e. The Morgan fingerprint density at radius 3 is 2.70 bits per heavy atom. The van der Waals surface area contributed by atoms with E-state index in [4.69, 9.17) is 9.47 Å². The predicted molar refractivity (Wildman–Crippen MR) is 92.7 cm³/mol. The monoisotopic (exact) mass is 329 g/mol. The number of rotatable bonds is 5. The van der Waals surface area contributed by atoms with Gasteiger partial charge in [0.05, 0.1) is 5.56 Å². The third-order valence-corrected chi connectivity index (χ3v) is 4.51. The van der Waals surface area contributed by atoms with Gasteiger partial charge in [0.2, 0.25) is 6.79 Å². The molecule has 0 aliphatic carbocycles. The molecule has 2 aromatic rings. The molecule has 0 fully saturated rings. The number of hydrogen-bond donors (Lipinski definition) is 1. The van der Waals surface area contributed by atoms with Crippen LogP contribution in [0.25, 0.3) is 0 Å². The molecule has 1 aliphatic heterocycles. The number of carbonyl (C=O) groups excluding carboxylic acids is 1. The second kappa shape index (κ2) is 6.96. The van der Waals surface area contributed by atoms with E-state index in [0.717, 1.165) is 34.7 Å². The molecule has 1 amide bonds. The number of amides is 1. The van der Waals surface area contributed by atoms with Gasteiger partial charge in [-0.15, -0.1) is 11.8 Å². The third-order valence-electron chi connectivity index (χ3n) is 3.72. The molecule has 0 radical (unpaired) electrons. The van der Waals surface area contributed by atoms with E-state index in [-0.39, 0.29) is 12.7 Å². The van der Waals surface area contributed by atoms with Gasteiger partial charge in [-0.3, -0.25) is 4.79 Å². The molecule has 23 heavy (non-hydrogen) atoms. The number of hydrogen-bond acceptors (Lipinski definition) is 4. The van der Waals surface area contributed by atoms with Gasteiger partial charge in [-0.2, -0.15) is 0 Å². The lowest BCUT2D eigenvalue weighted by Crippen LogP contribution is -2.14. The molecule has 120 valence electrons. The Labute approximate surface area is 140 Å². The van der Waals surface area contributed by atoms with Gasteiger partial charge < -0.3 is 14.8 Å². The number of thioether (sulfide) groups is 1. The normalized spacial score (nSPS) is 12.3. The van der Waals surface area contributed by atoms with Crippen LogP contribution in [0.4, 0.5) is 5.69 Å². The summed E-state index contributed by atoms with van der Waals surface area (Å²) >= 11 is 1.56. The zero-order valence-electron chi connectivity index (χ0n) is 13.2. The summed E-state index contributed by atoms with van der Waals surface area (Å²) < 4.78 is 10.9. The summed E-state index contributed by atoms with van der Waals surface area (Å²) in [6, 6.07) is 11.4. The number of benzene rings is 2. The van der Waals surface area contributed by atoms with Crippen LogP contribution in [0.2, 0.25) is 0 Å². The van der Waals surface area contributed by atoms with E-state index in [1.54, 1.807) is 11.8 Å². The number of ether oxygens (including phenoxy) is 2. The Hall–Kier alpha value is -2.14. The van der Waals surface area contributed by atoms with Crippen LogP contribution in [0.15, 0.2) is 41.3 Å². The molecule has 4 nitrogen and oxygen atoms in total. The molecule has 3 rings (SSSR count). The highest BCUT2D eigenvalue weighted by Gasteiger charge is 2.19. The van der Waals surface area contributed by atoms with Crippen molar-refractivity contribution in [1.29, 1.82) is 0 Å². The average molecular weight is 329 g/mol. The minimum atomic E-state index is -0.105. The van der Waals surface area contributed by atoms with Crippen molar-refractivity contribution in [3.63, 3.8) is 0 Å². The van der Waals surface area contributed by atoms with E-state index in [2.05, 4.69) is 12.2 Å². The van der Waals surface area contributed by atoms with E-state index in [0.29, 0.717) is 11.3 Å². The highest BCUT2D eigenvalue weighted by Crippen LogP contribution is 2.37. The fourth-order valence-electron chi connectivity index (χ4n) is 2.60. The Bertz CT molecular complexity index is 730. The lowest BCUT2D eigenvalue weighted by atomic mass is 10.1. The van der Waals surface area contributed by atoms with Gasteiger partial charge in [0.1, 0.15) is 0 Å². The molecule has 1 aliphatic rings. The summed E-state index contributed by atoms with van der Waals surface area (Å²) in [4.78, 5) is 13.6. The number of anilines is 1. The lowest BCUT2D eigenvalue weighted by molar-refractivity contribution is 0.102. The number of nitrogens with one attached hydrogen (secondary N) is 1. The van der Waals surface area contributed by atoms with Crippen molar-refractivity contribution in [1.82, 2.24) is 0 Å². The van der Waals surface area contributed by atoms with Gasteiger partial charge in [0.15, 0.2) is 11.5 Å². The summed E-state index contributed by atoms with van der Waals surface area (Å²) in [5.41, 5.74) is 2.53. The molecule has 0 atom stereocenters. The van der Waals surface area contributed by atoms with Crippen LogP contribution in [0.5, 0.6) is 11.5 Å². The van der Waals surface area contributed by atoms with Gasteiger partial charge >= 0.3 is 0 Å². The molecule has 0 saturated carbocycles. The van der Waals surface area contributed by atoms with Crippen LogP contribution < -0.4 is 14.8 Å². The molecule has 2 aromatic carbocycles. The molecule has 1 N–H and O–H groups in total. The first-order chi connectivity index (χ1) is 11.2. The van der Waals surface area contributed by atoms with E-state index >= 15 is 0 Å². The number of carbonyl (C=O) groups is 1. The van der Waals surface area contributed by atoms with Crippen LogP contribution in [0, 0.1) is 0 Å². The first-order valence-electron chi connectivity index (χ1n) is 7.59. The Morgan fingerprint density at radius 2 is 1.96 bits per heavy atom. The first-order valence-corrected chi connectivity index (χ1v) is 8.82. The molecule has 0 unspecified atom stereocenters. The molecule has 0 bridgehead atoms. The summed E-state index contributed by atoms with van der Waals surface area (Å²) in [6.45, 7) is 2.34. The topological polar surface area (TPSA) is 47.6 Å². The second-order valence-corrected chi connectivity index (χ2v) is 6.12. The standard InChI is InChI=1S/C18H19NO3S/c1-3-6-12-9-15-16(22-11-21-15)10-14(12)19-18(20)13-7-4-5-8-17(13)23-2/h4-5,7-10H,3,6,11H2,1-2H3,(H,19,20). The first kappa shape index (κ1) is 15.7. The number of aryl methyl sites for hydroxylation is 1. The Kier molecular flexibility index (Phi) is 4.76. The highest BCUT2D eigenvalue weighted by atomic mass is 32.2. The number of fused-ring (bicyclic) bond motifs is 1. The van der Waals surface area contributed by atoms with Gasteiger partial charge in [0.25, 0.3) is 5.91 Å². The van der Waals surface area contributed by atoms with Crippen LogP contribution >= 0.6 is 11.8 Å². The fourth-order valence-corrected chi connectivity index (χ4v) is 3.19. The maximum absolute atomic E-state index is 12.7. The molecule has 5 heteroatoms. The molecular weight excluding hydrogens is 310 g/mol. The minimum absolute atomic E-state index is 0.105. The second-order valence-electron chi connectivity index (χ2n) is 5.27. The van der Waals surface area contributed by atoms with Crippen LogP contribution in [-0.2, 0) is 6.42 Å². The van der Waals surface area contributed by atoms with Crippen LogP contribution in [0.3, 0.4) is 0 Å². The van der Waals surface area contributed by atoms with Crippen molar-refractivity contribution < 1.29 is 14.3 Å². The summed E-state index contributed by atoms with van der Waals surface area (Å²) in [6.07, 6.45) is 3.83. The van der Waals surface area contributed by atoms with Crippen LogP contribution in [-0.4, -0.2) is 19.0 Å². The summed E-state index contributed by atoms with van der Waals surface area (Å²) in [5.74, 6) is 1.32. The van der Waals surface area contributed by atoms with E-state index in [1.165, 1.54) is 0 Å². The maximum atomic E-state index is 12.7. The Balaban J connectivity index is 1.91. The van der Waals surface area contributed by atoms with Gasteiger partial charge in [-0.25, -0.2) is 0 Å². The minimum Gasteiger partial charge on any atom is -0.454 e. The molecule has 0 aromatic heterocycles. The third kappa shape index (κ3) is 3.29. The van der Waals surface area contributed by atoms with E-state index < -0.39 is 0 Å². The summed E-state index contributed by atoms with van der Waals surface area (Å²) in [5, 5.41) is 3.03. The van der Waals surface area contributed by atoms with Crippen molar-refractivity contribution in [2.24, 2.45) is 0 Å². The quantitative estimate of drug-likeness (QED) is 0.829. The lowest BCUT2D eigenvalue weighted by Gasteiger charge is -2.13. The SMILES string of the molecule is CCCc1cc2c(cc1NC(=O)c1ccccc1SC)OCO2. The highest BCUT2D eigenvalue weighted by molar-refractivity contribution is 7.98. The molecule has 0 spiro atoms. The smallest absolute Gasteiger partial charge is 0.256 e. The van der Waals surface area contributed by atoms with Gasteiger partial charge in [-0.1, -0.05) is 25.5 Å². The van der Waals surface area contributed by atoms with Gasteiger partial charge in [0, 0.05) is 16.6 Å². The van der Waals surface area contributed by atoms with Crippen molar-refractivity contribution in [2.75, 3.05) is 18.4 Å². The van der Waals surface area contributed by atoms with Crippen molar-refractivity contribution in [3.05, 3.63) is 47.5 Å². The van der Waals surface area contributed by atoms with E-state index in [1.807, 2.05) is 42.7 Å².